The van der Waals surface area contributed by atoms with Crippen molar-refractivity contribution in [1.82, 2.24) is 20.4 Å². The van der Waals surface area contributed by atoms with Gasteiger partial charge in [-0.15, -0.1) is 24.0 Å². The van der Waals surface area contributed by atoms with Gasteiger partial charge in [-0.2, -0.15) is 0 Å². The van der Waals surface area contributed by atoms with Crippen LogP contribution in [-0.4, -0.2) is 69.0 Å². The first-order valence-electron chi connectivity index (χ1n) is 10.1. The number of amides is 1. The maximum absolute atomic E-state index is 11.8. The van der Waals surface area contributed by atoms with Crippen LogP contribution >= 0.6 is 35.6 Å². The molecule has 164 valence electrons. The fraction of sp³-hybridized carbons (Fsp3) is 0.619. The van der Waals surface area contributed by atoms with Gasteiger partial charge in [0.15, 0.2) is 5.96 Å². The Labute approximate surface area is 197 Å². The number of halogens is 2. The van der Waals surface area contributed by atoms with Gasteiger partial charge in [0.05, 0.1) is 0 Å². The lowest BCUT2D eigenvalue weighted by Crippen LogP contribution is -2.41. The van der Waals surface area contributed by atoms with Crippen LogP contribution < -0.4 is 10.6 Å². The van der Waals surface area contributed by atoms with Crippen molar-refractivity contribution in [1.29, 1.82) is 0 Å². The van der Waals surface area contributed by atoms with Crippen LogP contribution in [-0.2, 0) is 4.79 Å². The van der Waals surface area contributed by atoms with Crippen LogP contribution in [0.2, 0.25) is 5.02 Å². The summed E-state index contributed by atoms with van der Waals surface area (Å²) in [4.78, 5) is 20.6. The first-order chi connectivity index (χ1) is 13.4. The highest BCUT2D eigenvalue weighted by atomic mass is 127. The summed E-state index contributed by atoms with van der Waals surface area (Å²) in [5.74, 6) is 1.31. The van der Waals surface area contributed by atoms with Gasteiger partial charge in [0, 0.05) is 51.2 Å². The molecule has 2 unspecified atom stereocenters. The summed E-state index contributed by atoms with van der Waals surface area (Å²) in [5, 5.41) is 7.33. The number of nitrogens with one attached hydrogen (secondary N) is 2. The zero-order valence-corrected chi connectivity index (χ0v) is 21.0. The topological polar surface area (TPSA) is 60.0 Å². The molecule has 1 fully saturated rings. The van der Waals surface area contributed by atoms with Crippen molar-refractivity contribution < 1.29 is 4.79 Å². The maximum atomic E-state index is 11.8. The van der Waals surface area contributed by atoms with Crippen molar-refractivity contribution in [3.8, 4) is 0 Å². The van der Waals surface area contributed by atoms with Crippen LogP contribution in [0.5, 0.6) is 0 Å². The molecular formula is C21H35ClIN5O. The Kier molecular flexibility index (Phi) is 11.9. The number of piperidine rings is 1. The number of carbonyl (C=O) groups is 1. The first-order valence-corrected chi connectivity index (χ1v) is 10.5. The molecule has 0 saturated carbocycles. The number of aliphatic imine (C=N–C) groups is 1. The van der Waals surface area contributed by atoms with Gasteiger partial charge in [0.2, 0.25) is 5.91 Å². The number of hydrogen-bond acceptors (Lipinski definition) is 3. The average Bonchev–Trinajstić information content (AvgIpc) is 2.65. The highest BCUT2D eigenvalue weighted by molar-refractivity contribution is 14.0. The van der Waals surface area contributed by atoms with Gasteiger partial charge in [-0.1, -0.05) is 23.7 Å². The van der Waals surface area contributed by atoms with Crippen molar-refractivity contribution in [2.45, 2.75) is 32.2 Å². The third-order valence-corrected chi connectivity index (χ3v) is 5.39. The van der Waals surface area contributed by atoms with Gasteiger partial charge in [0.25, 0.3) is 0 Å². The van der Waals surface area contributed by atoms with E-state index in [2.05, 4.69) is 34.7 Å². The van der Waals surface area contributed by atoms with Crippen LogP contribution in [0.3, 0.4) is 0 Å². The molecule has 8 heteroatoms. The minimum atomic E-state index is 0. The molecule has 1 saturated heterocycles. The van der Waals surface area contributed by atoms with Gasteiger partial charge in [-0.25, -0.2) is 0 Å². The standard InChI is InChI=1S/C21H34ClN5O.HI/c1-5-23-21(24-12-11-19(28)26(2)3)25-15-17-9-7-13-27(4)20(17)16-8-6-10-18(22)14-16;/h6,8,10,14,17,20H,5,7,9,11-13,15H2,1-4H3,(H2,23,24,25);1H. The van der Waals surface area contributed by atoms with E-state index in [-0.39, 0.29) is 29.9 Å². The van der Waals surface area contributed by atoms with Gasteiger partial charge in [-0.05, 0) is 57.0 Å². The molecule has 1 aliphatic rings. The molecule has 0 radical (unpaired) electrons. The molecule has 0 aromatic heterocycles. The third kappa shape index (κ3) is 8.30. The second-order valence-electron chi connectivity index (χ2n) is 7.57. The molecule has 2 rings (SSSR count). The van der Waals surface area contributed by atoms with Crippen LogP contribution in [0, 0.1) is 5.92 Å². The molecule has 29 heavy (non-hydrogen) atoms. The fourth-order valence-corrected chi connectivity index (χ4v) is 3.93. The lowest BCUT2D eigenvalue weighted by atomic mass is 9.85. The van der Waals surface area contributed by atoms with E-state index < -0.39 is 0 Å². The normalized spacial score (nSPS) is 20.0. The summed E-state index contributed by atoms with van der Waals surface area (Å²) in [7, 11) is 5.73. The van der Waals surface area contributed by atoms with Crippen LogP contribution in [0.15, 0.2) is 29.3 Å². The van der Waals surface area contributed by atoms with E-state index in [9.17, 15) is 4.79 Å². The number of likely N-dealkylation sites (tertiary alicyclic amines) is 1. The Morgan fingerprint density at radius 3 is 2.76 bits per heavy atom. The van der Waals surface area contributed by atoms with Gasteiger partial charge < -0.3 is 15.5 Å². The molecule has 2 N–H and O–H groups in total. The van der Waals surface area contributed by atoms with Gasteiger partial charge >= 0.3 is 0 Å². The number of benzene rings is 1. The minimum Gasteiger partial charge on any atom is -0.357 e. The zero-order valence-electron chi connectivity index (χ0n) is 17.9. The third-order valence-electron chi connectivity index (χ3n) is 5.16. The second-order valence-corrected chi connectivity index (χ2v) is 8.00. The average molecular weight is 536 g/mol. The van der Waals surface area contributed by atoms with Crippen molar-refractivity contribution in [3.05, 3.63) is 34.9 Å². The summed E-state index contributed by atoms with van der Waals surface area (Å²) in [5.41, 5.74) is 1.25. The number of guanidine groups is 1. The summed E-state index contributed by atoms with van der Waals surface area (Å²) in [6.45, 7) is 5.23. The van der Waals surface area contributed by atoms with Crippen LogP contribution in [0.1, 0.15) is 37.8 Å². The molecule has 0 spiro atoms. The molecule has 1 heterocycles. The summed E-state index contributed by atoms with van der Waals surface area (Å²) < 4.78 is 0. The predicted octanol–water partition coefficient (Wildman–Crippen LogP) is 3.37. The summed E-state index contributed by atoms with van der Waals surface area (Å²) in [6, 6.07) is 8.48. The van der Waals surface area contributed by atoms with Gasteiger partial charge in [-0.3, -0.25) is 14.7 Å². The van der Waals surface area contributed by atoms with Crippen molar-refractivity contribution >= 4 is 47.4 Å². The SMILES string of the molecule is CCNC(=NCC1CCCN(C)C1c1cccc(Cl)c1)NCCC(=O)N(C)C.I. The van der Waals surface area contributed by atoms with E-state index in [1.807, 2.05) is 19.1 Å². The summed E-state index contributed by atoms with van der Waals surface area (Å²) in [6.07, 6.45) is 2.77. The number of nitrogens with zero attached hydrogens (tertiary/aromatic N) is 3. The van der Waals surface area contributed by atoms with Crippen molar-refractivity contribution in [2.24, 2.45) is 10.9 Å². The number of carbonyl (C=O) groups excluding carboxylic acids is 1. The zero-order chi connectivity index (χ0) is 20.5. The van der Waals surface area contributed by atoms with E-state index in [0.29, 0.717) is 24.9 Å². The van der Waals surface area contributed by atoms with Gasteiger partial charge in [0.1, 0.15) is 0 Å². The Hall–Kier alpha value is -1.06. The highest BCUT2D eigenvalue weighted by Crippen LogP contribution is 2.36. The molecule has 1 aromatic rings. The smallest absolute Gasteiger partial charge is 0.223 e. The highest BCUT2D eigenvalue weighted by Gasteiger charge is 2.30. The lowest BCUT2D eigenvalue weighted by molar-refractivity contribution is -0.128. The van der Waals surface area contributed by atoms with Crippen LogP contribution in [0.25, 0.3) is 0 Å². The monoisotopic (exact) mass is 535 g/mol. The van der Waals surface area contributed by atoms with E-state index in [0.717, 1.165) is 37.0 Å². The van der Waals surface area contributed by atoms with Crippen LogP contribution in [0.4, 0.5) is 0 Å². The molecular weight excluding hydrogens is 501 g/mol. The van der Waals surface area contributed by atoms with Crippen molar-refractivity contribution in [2.75, 3.05) is 47.3 Å². The Bertz CT molecular complexity index is 670. The van der Waals surface area contributed by atoms with E-state index in [1.165, 1.54) is 12.0 Å². The second kappa shape index (κ2) is 13.3. The molecule has 0 bridgehead atoms. The lowest BCUT2D eigenvalue weighted by Gasteiger charge is -2.39. The quantitative estimate of drug-likeness (QED) is 0.319. The number of hydrogen-bond donors (Lipinski definition) is 2. The molecule has 2 atom stereocenters. The Morgan fingerprint density at radius 1 is 1.34 bits per heavy atom. The largest absolute Gasteiger partial charge is 0.357 e. The molecule has 6 nitrogen and oxygen atoms in total. The Balaban J connectivity index is 0.00000420. The minimum absolute atomic E-state index is 0. The molecule has 1 aliphatic heterocycles. The maximum Gasteiger partial charge on any atom is 0.223 e. The van der Waals surface area contributed by atoms with E-state index in [1.54, 1.807) is 19.0 Å². The number of rotatable bonds is 7. The predicted molar refractivity (Wildman–Crippen MR) is 132 cm³/mol. The first kappa shape index (κ1) is 26.0. The summed E-state index contributed by atoms with van der Waals surface area (Å²) >= 11 is 6.24. The van der Waals surface area contributed by atoms with E-state index >= 15 is 0 Å². The molecule has 0 aliphatic carbocycles. The Morgan fingerprint density at radius 2 is 2.10 bits per heavy atom. The molecule has 1 aromatic carbocycles. The van der Waals surface area contributed by atoms with Crippen molar-refractivity contribution in [3.63, 3.8) is 0 Å². The van der Waals surface area contributed by atoms with E-state index in [4.69, 9.17) is 16.6 Å². The fourth-order valence-electron chi connectivity index (χ4n) is 3.73. The molecule has 1 amide bonds.